The van der Waals surface area contributed by atoms with Crippen molar-refractivity contribution in [3.8, 4) is 11.5 Å². The maximum atomic E-state index is 4.67. The van der Waals surface area contributed by atoms with Crippen LogP contribution in [0, 0.1) is 0 Å². The number of nitrogens with zero attached hydrogens (tertiary/aromatic N) is 6. The molecule has 0 amide bonds. The first-order chi connectivity index (χ1) is 12.7. The van der Waals surface area contributed by atoms with Crippen molar-refractivity contribution >= 4 is 5.82 Å². The molecule has 4 heterocycles. The summed E-state index contributed by atoms with van der Waals surface area (Å²) in [4.78, 5) is 13.7. The van der Waals surface area contributed by atoms with Crippen LogP contribution in [-0.4, -0.2) is 29.7 Å². The minimum Gasteiger partial charge on any atom is -0.360 e. The molecule has 1 aliphatic rings. The Balaban J connectivity index is 1.62. The number of hydrogen-bond acceptors (Lipinski definition) is 6. The number of anilines is 1. The Labute approximate surface area is 152 Å². The van der Waals surface area contributed by atoms with E-state index in [9.17, 15) is 0 Å². The molecular weight excluding hydrogens is 326 g/mol. The van der Waals surface area contributed by atoms with E-state index < -0.39 is 0 Å². The largest absolute Gasteiger partial charge is 0.360 e. The minimum atomic E-state index is 0.0190. The van der Waals surface area contributed by atoms with Crippen molar-refractivity contribution in [2.24, 2.45) is 0 Å². The summed E-state index contributed by atoms with van der Waals surface area (Å²) in [5.41, 5.74) is 1.76. The lowest BCUT2D eigenvalue weighted by molar-refractivity contribution is 0.500. The lowest BCUT2D eigenvalue weighted by Gasteiger charge is -2.19. The van der Waals surface area contributed by atoms with Gasteiger partial charge in [0.15, 0.2) is 11.6 Å². The van der Waals surface area contributed by atoms with Crippen LogP contribution in [0.25, 0.3) is 11.5 Å². The number of aromatic nitrogens is 6. The lowest BCUT2D eigenvalue weighted by Crippen LogP contribution is -2.18. The molecule has 1 unspecified atom stereocenters. The molecule has 1 atom stereocenters. The van der Waals surface area contributed by atoms with E-state index in [1.807, 2.05) is 24.3 Å². The minimum absolute atomic E-state index is 0.0190. The summed E-state index contributed by atoms with van der Waals surface area (Å²) in [7, 11) is 0. The SMILES string of the molecule is CCc1cc(NC(C)c2nnc3n2CCCC3)nc(-c2ccccn2)n1. The third kappa shape index (κ3) is 3.29. The Kier molecular flexibility index (Phi) is 4.60. The first-order valence-corrected chi connectivity index (χ1v) is 9.22. The van der Waals surface area contributed by atoms with Crippen LogP contribution in [0.2, 0.25) is 0 Å². The Hall–Kier alpha value is -2.83. The van der Waals surface area contributed by atoms with Crippen LogP contribution >= 0.6 is 0 Å². The van der Waals surface area contributed by atoms with Crippen LogP contribution in [0.3, 0.4) is 0 Å². The second-order valence-corrected chi connectivity index (χ2v) is 6.59. The Morgan fingerprint density at radius 1 is 1.19 bits per heavy atom. The highest BCUT2D eigenvalue weighted by molar-refractivity contribution is 5.53. The highest BCUT2D eigenvalue weighted by Crippen LogP contribution is 2.23. The fraction of sp³-hybridized carbons (Fsp3) is 0.421. The lowest BCUT2D eigenvalue weighted by atomic mass is 10.1. The number of hydrogen-bond donors (Lipinski definition) is 1. The summed E-state index contributed by atoms with van der Waals surface area (Å²) < 4.78 is 2.24. The van der Waals surface area contributed by atoms with Crippen molar-refractivity contribution in [1.29, 1.82) is 0 Å². The van der Waals surface area contributed by atoms with E-state index in [4.69, 9.17) is 0 Å². The van der Waals surface area contributed by atoms with Gasteiger partial charge in [-0.3, -0.25) is 4.98 Å². The van der Waals surface area contributed by atoms with E-state index in [1.54, 1.807) is 6.20 Å². The highest BCUT2D eigenvalue weighted by atomic mass is 15.3. The van der Waals surface area contributed by atoms with Gasteiger partial charge in [0.2, 0.25) is 0 Å². The topological polar surface area (TPSA) is 81.4 Å². The van der Waals surface area contributed by atoms with Gasteiger partial charge in [0.1, 0.15) is 17.3 Å². The van der Waals surface area contributed by atoms with Crippen LogP contribution in [0.4, 0.5) is 5.82 Å². The Morgan fingerprint density at radius 3 is 2.92 bits per heavy atom. The molecule has 0 saturated carbocycles. The van der Waals surface area contributed by atoms with Crippen molar-refractivity contribution in [3.63, 3.8) is 0 Å². The van der Waals surface area contributed by atoms with Crippen LogP contribution in [0.5, 0.6) is 0 Å². The van der Waals surface area contributed by atoms with Gasteiger partial charge >= 0.3 is 0 Å². The van der Waals surface area contributed by atoms with Crippen molar-refractivity contribution in [3.05, 3.63) is 47.8 Å². The van der Waals surface area contributed by atoms with Crippen LogP contribution < -0.4 is 5.32 Å². The summed E-state index contributed by atoms with van der Waals surface area (Å²) in [6, 6.07) is 7.78. The summed E-state index contributed by atoms with van der Waals surface area (Å²) >= 11 is 0. The first-order valence-electron chi connectivity index (χ1n) is 9.22. The number of aryl methyl sites for hydroxylation is 2. The third-order valence-corrected chi connectivity index (χ3v) is 4.68. The molecule has 0 bridgehead atoms. The van der Waals surface area contributed by atoms with Crippen LogP contribution in [-0.2, 0) is 19.4 Å². The van der Waals surface area contributed by atoms with Gasteiger partial charge in [0.05, 0.1) is 6.04 Å². The summed E-state index contributed by atoms with van der Waals surface area (Å²) in [6.45, 7) is 5.18. The summed E-state index contributed by atoms with van der Waals surface area (Å²) in [6.07, 6.45) is 5.99. The zero-order valence-corrected chi connectivity index (χ0v) is 15.2. The predicted octanol–water partition coefficient (Wildman–Crippen LogP) is 3.20. The number of pyridine rings is 1. The molecular formula is C19H23N7. The average molecular weight is 349 g/mol. The summed E-state index contributed by atoms with van der Waals surface area (Å²) in [5.74, 6) is 3.49. The van der Waals surface area contributed by atoms with E-state index in [0.717, 1.165) is 48.2 Å². The smallest absolute Gasteiger partial charge is 0.180 e. The standard InChI is InChI=1S/C19H23N7/c1-3-14-12-16(23-18(22-14)15-8-4-6-10-20-15)21-13(2)19-25-24-17-9-5-7-11-26(17)19/h4,6,8,10,12-13H,3,5,7,9,11H2,1-2H3,(H,21,22,23). The normalized spacial score (nSPS) is 14.7. The molecule has 0 spiro atoms. The molecule has 3 aromatic heterocycles. The predicted molar refractivity (Wildman–Crippen MR) is 99.6 cm³/mol. The van der Waals surface area contributed by atoms with Crippen molar-refractivity contribution in [1.82, 2.24) is 29.7 Å². The van der Waals surface area contributed by atoms with Crippen LogP contribution in [0.15, 0.2) is 30.5 Å². The van der Waals surface area contributed by atoms with Gasteiger partial charge in [-0.1, -0.05) is 13.0 Å². The highest BCUT2D eigenvalue weighted by Gasteiger charge is 2.20. The van der Waals surface area contributed by atoms with Crippen molar-refractivity contribution in [2.75, 3.05) is 5.32 Å². The first kappa shape index (κ1) is 16.6. The summed E-state index contributed by atoms with van der Waals surface area (Å²) in [5, 5.41) is 12.2. The molecule has 0 aliphatic carbocycles. The molecule has 7 heteroatoms. The number of rotatable bonds is 5. The van der Waals surface area contributed by atoms with E-state index in [0.29, 0.717) is 5.82 Å². The second kappa shape index (κ2) is 7.19. The van der Waals surface area contributed by atoms with Crippen molar-refractivity contribution < 1.29 is 0 Å². The van der Waals surface area contributed by atoms with E-state index in [-0.39, 0.29) is 6.04 Å². The van der Waals surface area contributed by atoms with Gasteiger partial charge in [0.25, 0.3) is 0 Å². The molecule has 26 heavy (non-hydrogen) atoms. The second-order valence-electron chi connectivity index (χ2n) is 6.59. The van der Waals surface area contributed by atoms with Gasteiger partial charge in [-0.2, -0.15) is 0 Å². The van der Waals surface area contributed by atoms with Crippen molar-refractivity contribution in [2.45, 2.75) is 52.1 Å². The quantitative estimate of drug-likeness (QED) is 0.762. The molecule has 0 fully saturated rings. The van der Waals surface area contributed by atoms with Gasteiger partial charge in [0, 0.05) is 30.9 Å². The Morgan fingerprint density at radius 2 is 2.12 bits per heavy atom. The van der Waals surface area contributed by atoms with Gasteiger partial charge < -0.3 is 9.88 Å². The molecule has 4 rings (SSSR count). The van der Waals surface area contributed by atoms with E-state index >= 15 is 0 Å². The van der Waals surface area contributed by atoms with Gasteiger partial charge in [-0.15, -0.1) is 10.2 Å². The van der Waals surface area contributed by atoms with Gasteiger partial charge in [-0.05, 0) is 38.3 Å². The molecule has 1 N–H and O–H groups in total. The number of fused-ring (bicyclic) bond motifs is 1. The molecule has 0 radical (unpaired) electrons. The monoisotopic (exact) mass is 349 g/mol. The average Bonchev–Trinajstić information content (AvgIpc) is 3.12. The maximum Gasteiger partial charge on any atom is 0.180 e. The molecule has 3 aromatic rings. The van der Waals surface area contributed by atoms with Gasteiger partial charge in [-0.25, -0.2) is 9.97 Å². The zero-order valence-electron chi connectivity index (χ0n) is 15.2. The molecule has 1 aliphatic heterocycles. The third-order valence-electron chi connectivity index (χ3n) is 4.68. The molecule has 0 saturated heterocycles. The van der Waals surface area contributed by atoms with E-state index in [2.05, 4.69) is 48.9 Å². The van der Waals surface area contributed by atoms with Crippen LogP contribution in [0.1, 0.15) is 50.1 Å². The molecule has 134 valence electrons. The zero-order chi connectivity index (χ0) is 17.9. The number of nitrogens with one attached hydrogen (secondary N) is 1. The maximum absolute atomic E-state index is 4.67. The molecule has 0 aromatic carbocycles. The fourth-order valence-corrected chi connectivity index (χ4v) is 3.30. The fourth-order valence-electron chi connectivity index (χ4n) is 3.30. The van der Waals surface area contributed by atoms with E-state index in [1.165, 1.54) is 12.8 Å². The molecule has 7 nitrogen and oxygen atoms in total. The Bertz CT molecular complexity index is 888.